The van der Waals surface area contributed by atoms with E-state index in [-0.39, 0.29) is 5.56 Å². The maximum atomic E-state index is 12.3. The molecule has 146 valence electrons. The fraction of sp³-hybridized carbons (Fsp3) is 0.412. The van der Waals surface area contributed by atoms with E-state index < -0.39 is 54.6 Å². The lowest BCUT2D eigenvalue weighted by Gasteiger charge is -2.41. The molecule has 0 amide bonds. The van der Waals surface area contributed by atoms with Crippen molar-refractivity contribution in [1.82, 2.24) is 0 Å². The van der Waals surface area contributed by atoms with E-state index in [4.69, 9.17) is 18.9 Å². The number of rotatable bonds is 5. The highest BCUT2D eigenvalue weighted by Crippen LogP contribution is 2.28. The topological polar surface area (TPSA) is 146 Å². The summed E-state index contributed by atoms with van der Waals surface area (Å²) in [6.07, 6.45) is -8.62. The Hall–Kier alpha value is -2.98. The molecule has 0 spiro atoms. The molecule has 1 heterocycles. The third kappa shape index (κ3) is 5.02. The van der Waals surface area contributed by atoms with E-state index in [0.717, 1.165) is 13.8 Å². The molecule has 10 nitrogen and oxygen atoms in total. The predicted octanol–water partition coefficient (Wildman–Crippen LogP) is -0.123. The van der Waals surface area contributed by atoms with Crippen molar-refractivity contribution in [2.24, 2.45) is 0 Å². The predicted molar refractivity (Wildman–Crippen MR) is 85.3 cm³/mol. The van der Waals surface area contributed by atoms with Gasteiger partial charge in [-0.1, -0.05) is 18.2 Å². The molecule has 1 saturated heterocycles. The minimum atomic E-state index is -1.91. The van der Waals surface area contributed by atoms with Crippen LogP contribution in [0.2, 0.25) is 0 Å². The fourth-order valence-electron chi connectivity index (χ4n) is 2.56. The molecule has 1 aliphatic rings. The van der Waals surface area contributed by atoms with Crippen molar-refractivity contribution in [3.8, 4) is 0 Å². The van der Waals surface area contributed by atoms with Crippen molar-refractivity contribution in [3.63, 3.8) is 0 Å². The lowest BCUT2D eigenvalue weighted by Crippen LogP contribution is -2.63. The van der Waals surface area contributed by atoms with Gasteiger partial charge in [-0.3, -0.25) is 9.59 Å². The molecule has 1 fully saturated rings. The van der Waals surface area contributed by atoms with Gasteiger partial charge in [0.1, 0.15) is 0 Å². The number of benzene rings is 1. The largest absolute Gasteiger partial charge is 0.479 e. The summed E-state index contributed by atoms with van der Waals surface area (Å²) in [5.74, 6) is -4.19. The van der Waals surface area contributed by atoms with Gasteiger partial charge in [0.05, 0.1) is 5.56 Å². The van der Waals surface area contributed by atoms with Crippen LogP contribution in [0.3, 0.4) is 0 Å². The number of ether oxygens (including phenoxy) is 4. The highest BCUT2D eigenvalue weighted by Gasteiger charge is 2.54. The first-order chi connectivity index (χ1) is 12.7. The second kappa shape index (κ2) is 8.60. The van der Waals surface area contributed by atoms with Gasteiger partial charge in [0.15, 0.2) is 30.7 Å². The quantitative estimate of drug-likeness (QED) is 0.522. The molecule has 0 bridgehead atoms. The molecule has 1 aromatic carbocycles. The normalized spacial score (nSPS) is 27.3. The van der Waals surface area contributed by atoms with Gasteiger partial charge < -0.3 is 29.2 Å². The lowest BCUT2D eigenvalue weighted by atomic mass is 9.98. The van der Waals surface area contributed by atoms with E-state index in [1.54, 1.807) is 18.2 Å². The molecular weight excluding hydrogens is 364 g/mol. The average Bonchev–Trinajstić information content (AvgIpc) is 2.59. The first-order valence-corrected chi connectivity index (χ1v) is 7.87. The first kappa shape index (κ1) is 20.3. The van der Waals surface area contributed by atoms with E-state index in [1.807, 2.05) is 0 Å². The zero-order chi connectivity index (χ0) is 20.1. The number of aliphatic hydroxyl groups excluding tert-OH is 1. The first-order valence-electron chi connectivity index (χ1n) is 7.87. The Morgan fingerprint density at radius 3 is 1.96 bits per heavy atom. The number of hydrogen-bond donors (Lipinski definition) is 2. The number of carboxylic acid groups (broad SMARTS) is 1. The number of carboxylic acids is 1. The van der Waals surface area contributed by atoms with Crippen LogP contribution >= 0.6 is 0 Å². The maximum Gasteiger partial charge on any atom is 0.338 e. The molecule has 5 unspecified atom stereocenters. The second-order valence-electron chi connectivity index (χ2n) is 5.67. The molecule has 10 heteroatoms. The van der Waals surface area contributed by atoms with Crippen molar-refractivity contribution < 1.29 is 48.3 Å². The molecule has 0 aliphatic carbocycles. The molecule has 2 N–H and O–H groups in total. The number of aliphatic hydroxyl groups is 1. The summed E-state index contributed by atoms with van der Waals surface area (Å²) in [6, 6.07) is 7.66. The van der Waals surface area contributed by atoms with Crippen LogP contribution < -0.4 is 0 Å². The molecule has 0 aromatic heterocycles. The van der Waals surface area contributed by atoms with Crippen LogP contribution in [0.25, 0.3) is 0 Å². The summed E-state index contributed by atoms with van der Waals surface area (Å²) < 4.78 is 20.0. The zero-order valence-electron chi connectivity index (χ0n) is 14.4. The fourth-order valence-corrected chi connectivity index (χ4v) is 2.56. The molecule has 1 aliphatic heterocycles. The Morgan fingerprint density at radius 1 is 0.889 bits per heavy atom. The van der Waals surface area contributed by atoms with Gasteiger partial charge in [0.25, 0.3) is 0 Å². The van der Waals surface area contributed by atoms with Crippen molar-refractivity contribution in [2.45, 2.75) is 44.6 Å². The van der Waals surface area contributed by atoms with Crippen LogP contribution in [0.5, 0.6) is 0 Å². The third-order valence-corrected chi connectivity index (χ3v) is 3.61. The van der Waals surface area contributed by atoms with Gasteiger partial charge in [-0.25, -0.2) is 9.59 Å². The van der Waals surface area contributed by atoms with E-state index in [2.05, 4.69) is 0 Å². The Kier molecular flexibility index (Phi) is 6.48. The molecule has 0 radical (unpaired) electrons. The highest BCUT2D eigenvalue weighted by atomic mass is 16.7. The van der Waals surface area contributed by atoms with Gasteiger partial charge in [-0.05, 0) is 12.1 Å². The molecule has 1 aromatic rings. The third-order valence-electron chi connectivity index (χ3n) is 3.61. The molecule has 0 saturated carbocycles. The van der Waals surface area contributed by atoms with E-state index in [0.29, 0.717) is 0 Å². The average molecular weight is 382 g/mol. The van der Waals surface area contributed by atoms with Crippen LogP contribution in [0.4, 0.5) is 0 Å². The Bertz CT molecular complexity index is 716. The van der Waals surface area contributed by atoms with Crippen LogP contribution in [-0.2, 0) is 33.3 Å². The van der Waals surface area contributed by atoms with Crippen molar-refractivity contribution in [2.75, 3.05) is 0 Å². The number of esters is 3. The van der Waals surface area contributed by atoms with Gasteiger partial charge >= 0.3 is 23.9 Å². The molecule has 5 atom stereocenters. The van der Waals surface area contributed by atoms with Crippen LogP contribution in [0, 0.1) is 0 Å². The molecular formula is C17H18O10. The minimum absolute atomic E-state index is 0.110. The number of hydrogen-bond acceptors (Lipinski definition) is 9. The zero-order valence-corrected chi connectivity index (χ0v) is 14.4. The summed E-state index contributed by atoms with van der Waals surface area (Å²) >= 11 is 0. The SMILES string of the molecule is CC(=O)OC1C(O)OC(C(=O)O)C(OC(=O)c2ccccc2)C1OC(C)=O. The van der Waals surface area contributed by atoms with Crippen molar-refractivity contribution >= 4 is 23.9 Å². The summed E-state index contributed by atoms with van der Waals surface area (Å²) in [5.41, 5.74) is 0.110. The summed E-state index contributed by atoms with van der Waals surface area (Å²) in [7, 11) is 0. The van der Waals surface area contributed by atoms with E-state index >= 15 is 0 Å². The number of aliphatic carboxylic acids is 1. The van der Waals surface area contributed by atoms with E-state index in [1.165, 1.54) is 12.1 Å². The van der Waals surface area contributed by atoms with Crippen LogP contribution in [0.1, 0.15) is 24.2 Å². The second-order valence-corrected chi connectivity index (χ2v) is 5.67. The molecule has 27 heavy (non-hydrogen) atoms. The number of carbonyl (C=O) groups excluding carboxylic acids is 3. The Balaban J connectivity index is 2.37. The van der Waals surface area contributed by atoms with Gasteiger partial charge in [-0.2, -0.15) is 0 Å². The minimum Gasteiger partial charge on any atom is -0.479 e. The highest BCUT2D eigenvalue weighted by molar-refractivity contribution is 5.89. The Labute approximate surface area is 153 Å². The number of carbonyl (C=O) groups is 4. The monoisotopic (exact) mass is 382 g/mol. The lowest BCUT2D eigenvalue weighted by molar-refractivity contribution is -0.286. The smallest absolute Gasteiger partial charge is 0.338 e. The van der Waals surface area contributed by atoms with Crippen molar-refractivity contribution in [1.29, 1.82) is 0 Å². The van der Waals surface area contributed by atoms with Crippen LogP contribution in [-0.4, -0.2) is 64.8 Å². The van der Waals surface area contributed by atoms with Gasteiger partial charge in [0.2, 0.25) is 0 Å². The van der Waals surface area contributed by atoms with Gasteiger partial charge in [0, 0.05) is 13.8 Å². The van der Waals surface area contributed by atoms with Crippen molar-refractivity contribution in [3.05, 3.63) is 35.9 Å². The molecule has 2 rings (SSSR count). The maximum absolute atomic E-state index is 12.3. The summed E-state index contributed by atoms with van der Waals surface area (Å²) in [4.78, 5) is 46.6. The standard InChI is InChI=1S/C17H18O10/c1-8(18)24-12-11(26-16(22)10-6-4-3-5-7-10)13(15(20)21)27-17(23)14(12)25-9(2)19/h3-7,11-14,17,23H,1-2H3,(H,20,21). The Morgan fingerprint density at radius 2 is 1.44 bits per heavy atom. The van der Waals surface area contributed by atoms with Crippen LogP contribution in [0.15, 0.2) is 30.3 Å². The van der Waals surface area contributed by atoms with E-state index in [9.17, 15) is 29.4 Å². The van der Waals surface area contributed by atoms with Gasteiger partial charge in [-0.15, -0.1) is 0 Å². The summed E-state index contributed by atoms with van der Waals surface area (Å²) in [6.45, 7) is 2.06. The summed E-state index contributed by atoms with van der Waals surface area (Å²) in [5, 5.41) is 19.3.